The number of cyclic esters (lactones) is 1. The van der Waals surface area contributed by atoms with Crippen LogP contribution in [0.15, 0.2) is 47.6 Å². The summed E-state index contributed by atoms with van der Waals surface area (Å²) in [6.45, 7) is 13.1. The van der Waals surface area contributed by atoms with Gasteiger partial charge in [-0.15, -0.1) is 0 Å². The van der Waals surface area contributed by atoms with Gasteiger partial charge in [-0.2, -0.15) is 0 Å². The third-order valence-electron chi connectivity index (χ3n) is 14.0. The molecule has 2 saturated heterocycles. The third kappa shape index (κ3) is 14.5. The number of rotatable bonds is 4. The highest BCUT2D eigenvalue weighted by Gasteiger charge is 2.46. The van der Waals surface area contributed by atoms with Crippen LogP contribution in [0.3, 0.4) is 0 Å². The summed E-state index contributed by atoms with van der Waals surface area (Å²) in [7, 11) is 1.63. The molecule has 12 atom stereocenters. The summed E-state index contributed by atoms with van der Waals surface area (Å²) in [5.74, 6) is -4.95. The molecule has 4 N–H and O–H groups in total. The minimum Gasteiger partial charge on any atom is -0.460 e. The first kappa shape index (κ1) is 50.6. The Labute approximate surface area is 364 Å². The van der Waals surface area contributed by atoms with Gasteiger partial charge in [-0.25, -0.2) is 4.79 Å². The van der Waals surface area contributed by atoms with Crippen molar-refractivity contribution >= 4 is 23.4 Å². The molecule has 3 heterocycles. The lowest BCUT2D eigenvalue weighted by molar-refractivity contribution is -0.284. The number of hydrogen-bond donors (Lipinski definition) is 4. The van der Waals surface area contributed by atoms with Crippen LogP contribution >= 0.6 is 0 Å². The van der Waals surface area contributed by atoms with Crippen LogP contribution in [0, 0.1) is 35.5 Å². The lowest BCUT2D eigenvalue weighted by atomic mass is 9.79. The van der Waals surface area contributed by atoms with Crippen LogP contribution < -0.4 is 0 Å². The second kappa shape index (κ2) is 23.6. The summed E-state index contributed by atoms with van der Waals surface area (Å²) in [6, 6.07) is -0.891. The van der Waals surface area contributed by atoms with Crippen molar-refractivity contribution in [2.75, 3.05) is 13.7 Å². The van der Waals surface area contributed by atoms with E-state index >= 15 is 0 Å². The minimum atomic E-state index is -1.74. The number of carbonyl (C=O) groups is 4. The monoisotopic (exact) mass is 856 g/mol. The van der Waals surface area contributed by atoms with Crippen molar-refractivity contribution in [2.45, 2.75) is 187 Å². The summed E-state index contributed by atoms with van der Waals surface area (Å²) in [5.41, 5.74) is 1.25. The number of aliphatic hydroxyl groups excluding tert-OH is 3. The van der Waals surface area contributed by atoms with Crippen molar-refractivity contribution in [1.29, 1.82) is 0 Å². The van der Waals surface area contributed by atoms with E-state index in [4.69, 9.17) is 14.2 Å². The second-order valence-corrected chi connectivity index (χ2v) is 19.1. The van der Waals surface area contributed by atoms with Gasteiger partial charge in [0.2, 0.25) is 5.91 Å². The lowest BCUT2D eigenvalue weighted by Gasteiger charge is -2.44. The number of nitrogens with zero attached hydrogens (tertiary/aromatic N) is 1. The number of fused-ring (bicyclic) bond motifs is 3. The maximum Gasteiger partial charge on any atom is 0.329 e. The van der Waals surface area contributed by atoms with E-state index in [0.717, 1.165) is 18.4 Å². The van der Waals surface area contributed by atoms with E-state index in [0.29, 0.717) is 76.7 Å². The number of methoxy groups -OCH3 is 1. The average molecular weight is 856 g/mol. The number of piperidine rings is 1. The van der Waals surface area contributed by atoms with Gasteiger partial charge in [0.15, 0.2) is 11.6 Å². The van der Waals surface area contributed by atoms with E-state index in [1.807, 2.05) is 58.1 Å². The summed E-state index contributed by atoms with van der Waals surface area (Å²) in [5, 5.41) is 44.1. The van der Waals surface area contributed by atoms with E-state index in [-0.39, 0.29) is 60.3 Å². The fourth-order valence-corrected chi connectivity index (χ4v) is 9.70. The molecule has 4 rings (SSSR count). The average Bonchev–Trinajstić information content (AvgIpc) is 3.22. The number of ether oxygens (including phenoxy) is 3. The van der Waals surface area contributed by atoms with Crippen LogP contribution in [0.2, 0.25) is 0 Å². The smallest absolute Gasteiger partial charge is 0.329 e. The van der Waals surface area contributed by atoms with Crippen molar-refractivity contribution in [1.82, 2.24) is 4.90 Å². The summed E-state index contributed by atoms with van der Waals surface area (Å²) in [4.78, 5) is 57.2. The molecule has 1 aliphatic carbocycles. The summed E-state index contributed by atoms with van der Waals surface area (Å²) in [6.07, 6.45) is 13.6. The van der Waals surface area contributed by atoms with E-state index in [2.05, 4.69) is 0 Å². The van der Waals surface area contributed by atoms with Gasteiger partial charge >= 0.3 is 5.97 Å². The number of aliphatic hydroxyl groups is 4. The van der Waals surface area contributed by atoms with E-state index < -0.39 is 59.6 Å². The maximum absolute atomic E-state index is 14.2. The Morgan fingerprint density at radius 3 is 2.26 bits per heavy atom. The zero-order valence-electron chi connectivity index (χ0n) is 38.2. The minimum absolute atomic E-state index is 0.00133. The molecule has 0 aromatic rings. The normalized spacial score (nSPS) is 41.0. The van der Waals surface area contributed by atoms with Gasteiger partial charge in [-0.1, -0.05) is 71.1 Å². The van der Waals surface area contributed by atoms with Crippen molar-refractivity contribution in [3.63, 3.8) is 0 Å². The summed E-state index contributed by atoms with van der Waals surface area (Å²) >= 11 is 0. The number of esters is 1. The van der Waals surface area contributed by atoms with E-state index in [1.165, 1.54) is 4.90 Å². The third-order valence-corrected chi connectivity index (χ3v) is 14.0. The topological polar surface area (TPSA) is 180 Å². The first-order valence-corrected chi connectivity index (χ1v) is 23.1. The molecule has 0 unspecified atom stereocenters. The molecule has 61 heavy (non-hydrogen) atoms. The maximum atomic E-state index is 14.2. The molecule has 0 aromatic carbocycles. The Bertz CT molecular complexity index is 1600. The van der Waals surface area contributed by atoms with Gasteiger partial charge in [-0.05, 0) is 113 Å². The molecular weight excluding hydrogens is 779 g/mol. The van der Waals surface area contributed by atoms with Gasteiger partial charge in [0.1, 0.15) is 30.1 Å². The van der Waals surface area contributed by atoms with Crippen molar-refractivity contribution in [3.8, 4) is 0 Å². The summed E-state index contributed by atoms with van der Waals surface area (Å²) < 4.78 is 18.5. The number of ketones is 2. The predicted molar refractivity (Wildman–Crippen MR) is 234 cm³/mol. The molecule has 344 valence electrons. The fraction of sp³-hybridized carbons (Fsp3) is 0.755. The number of carbonyl (C=O) groups excluding carboxylic acids is 4. The molecule has 2 bridgehead atoms. The van der Waals surface area contributed by atoms with Crippen LogP contribution in [-0.4, -0.2) is 111 Å². The van der Waals surface area contributed by atoms with Crippen LogP contribution in [0.25, 0.3) is 0 Å². The largest absolute Gasteiger partial charge is 0.460 e. The molecule has 4 aliphatic rings. The molecule has 12 nitrogen and oxygen atoms in total. The van der Waals surface area contributed by atoms with E-state index in [9.17, 15) is 39.6 Å². The van der Waals surface area contributed by atoms with Gasteiger partial charge in [0.25, 0.3) is 0 Å². The first-order valence-electron chi connectivity index (χ1n) is 23.1. The van der Waals surface area contributed by atoms with Crippen molar-refractivity contribution in [2.24, 2.45) is 35.5 Å². The molecule has 12 heteroatoms. The van der Waals surface area contributed by atoms with Gasteiger partial charge < -0.3 is 39.5 Å². The number of amides is 1. The molecule has 1 amide bonds. The van der Waals surface area contributed by atoms with Crippen LogP contribution in [0.5, 0.6) is 0 Å². The SMILES string of the molecule is CO[C@H]1C[C@@H]2CC[C@@H](C)[C@](O)(CC(=O)N3CCCC[C@H]3C(=O)O[C@H]([C@H](C)CC3CCC(O)CC3)CC(=O)[C@H](C)/C=C(\C)[C@@H](O)[C@@H](O)C(=O)[C@H](C)C[C@H](C)/C=C/C=C/C=C/1C)O2. The Morgan fingerprint density at radius 2 is 1.57 bits per heavy atom. The molecular formula is C49H77NO11. The van der Waals surface area contributed by atoms with Crippen molar-refractivity contribution < 1.29 is 53.8 Å². The predicted octanol–water partition coefficient (Wildman–Crippen LogP) is 6.72. The zero-order valence-corrected chi connectivity index (χ0v) is 38.2. The second-order valence-electron chi connectivity index (χ2n) is 19.1. The first-order chi connectivity index (χ1) is 28.8. The molecule has 0 radical (unpaired) electrons. The number of allylic oxidation sites excluding steroid dienone is 6. The Balaban J connectivity index is 1.65. The zero-order chi connectivity index (χ0) is 45.0. The Morgan fingerprint density at radius 1 is 0.869 bits per heavy atom. The van der Waals surface area contributed by atoms with Crippen LogP contribution in [0.4, 0.5) is 0 Å². The molecule has 0 spiro atoms. The van der Waals surface area contributed by atoms with Gasteiger partial charge in [0.05, 0.1) is 24.7 Å². The molecule has 1 saturated carbocycles. The number of Topliss-reactive ketones (excluding diaryl/α,β-unsaturated/α-hetero) is 2. The number of hydrogen-bond acceptors (Lipinski definition) is 11. The molecule has 3 fully saturated rings. The quantitative estimate of drug-likeness (QED) is 0.174. The molecule has 0 aromatic heterocycles. The molecule has 3 aliphatic heterocycles. The van der Waals surface area contributed by atoms with Gasteiger partial charge in [-0.3, -0.25) is 14.4 Å². The Hall–Kier alpha value is -3.00. The van der Waals surface area contributed by atoms with Crippen LogP contribution in [0.1, 0.15) is 138 Å². The highest BCUT2D eigenvalue weighted by atomic mass is 16.6. The highest BCUT2D eigenvalue weighted by molar-refractivity contribution is 5.87. The van der Waals surface area contributed by atoms with Gasteiger partial charge in [0, 0.05) is 44.2 Å². The van der Waals surface area contributed by atoms with E-state index in [1.54, 1.807) is 34.0 Å². The van der Waals surface area contributed by atoms with Crippen LogP contribution in [-0.2, 0) is 33.4 Å². The Kier molecular flexibility index (Phi) is 19.6. The fourth-order valence-electron chi connectivity index (χ4n) is 9.70. The van der Waals surface area contributed by atoms with Crippen molar-refractivity contribution in [3.05, 3.63) is 47.6 Å². The standard InChI is InChI=1S/C49H77NO11/c1-30-14-10-9-11-15-31(2)42(59-8)27-39-22-17-36(7)49(58,61-39)29-44(53)50-23-13-12-16-40(50)48(57)60-43(33(4)26-37-18-20-38(51)21-19-37)28-41(52)32(3)25-35(6)46(55)47(56)45(54)34(5)24-30/h9-11,14-15,25,30,32-34,36-40,42-43,46-47,51,55-56,58H,12-13,16-24,26-29H2,1-8H3/b11-9+,14-10+,31-15+,35-25+/t30-,32-,33-,34-,36-,37?,38?,39+,40+,42+,43+,46-,47+,49+/m1/s1. The highest BCUT2D eigenvalue weighted by Crippen LogP contribution is 2.38. The lowest BCUT2D eigenvalue weighted by Crippen LogP contribution is -2.55.